The molecule has 2 atom stereocenters. The van der Waals surface area contributed by atoms with Crippen LogP contribution in [-0.2, 0) is 9.53 Å². The van der Waals surface area contributed by atoms with E-state index in [-0.39, 0.29) is 24.3 Å². The van der Waals surface area contributed by atoms with E-state index >= 15 is 0 Å². The molecule has 1 aromatic carbocycles. The molecule has 1 amide bonds. The summed E-state index contributed by atoms with van der Waals surface area (Å²) in [6.45, 7) is 3.66. The summed E-state index contributed by atoms with van der Waals surface area (Å²) in [5, 5.41) is 3.82. The second kappa shape index (κ2) is 7.60. The zero-order valence-electron chi connectivity index (χ0n) is 14.4. The van der Waals surface area contributed by atoms with Gasteiger partial charge in [0.05, 0.1) is 0 Å². The van der Waals surface area contributed by atoms with Crippen LogP contribution in [-0.4, -0.2) is 24.5 Å². The van der Waals surface area contributed by atoms with E-state index in [1.54, 1.807) is 13.0 Å². The SMILES string of the molecule is Cc1c(C(=O)OCC(=O)N[C@@H]2CCCC[C@@H]2C)oc2ccc(Br)cc12. The molecule has 25 heavy (non-hydrogen) atoms. The summed E-state index contributed by atoms with van der Waals surface area (Å²) in [5.74, 6) is -0.267. The Morgan fingerprint density at radius 3 is 2.84 bits per heavy atom. The minimum atomic E-state index is -0.614. The highest BCUT2D eigenvalue weighted by molar-refractivity contribution is 9.10. The third-order valence-corrected chi connectivity index (χ3v) is 5.37. The third kappa shape index (κ3) is 4.06. The zero-order valence-corrected chi connectivity index (χ0v) is 16.0. The molecule has 1 saturated carbocycles. The first-order valence-electron chi connectivity index (χ1n) is 8.61. The number of halogens is 1. The maximum atomic E-state index is 12.3. The topological polar surface area (TPSA) is 68.5 Å². The molecule has 1 fully saturated rings. The van der Waals surface area contributed by atoms with Gasteiger partial charge in [-0.1, -0.05) is 35.7 Å². The molecule has 2 aromatic rings. The van der Waals surface area contributed by atoms with Gasteiger partial charge in [-0.05, 0) is 43.9 Å². The average Bonchev–Trinajstić information content (AvgIpc) is 2.91. The van der Waals surface area contributed by atoms with E-state index in [1.807, 2.05) is 12.1 Å². The Kier molecular flexibility index (Phi) is 5.47. The minimum Gasteiger partial charge on any atom is -0.450 e. The lowest BCUT2D eigenvalue weighted by molar-refractivity contribution is -0.125. The van der Waals surface area contributed by atoms with Crippen molar-refractivity contribution < 1.29 is 18.7 Å². The molecule has 5 nitrogen and oxygen atoms in total. The summed E-state index contributed by atoms with van der Waals surface area (Å²) in [6, 6.07) is 5.70. The Bertz CT molecular complexity index is 798. The van der Waals surface area contributed by atoms with Gasteiger partial charge in [0.2, 0.25) is 5.76 Å². The van der Waals surface area contributed by atoms with Gasteiger partial charge in [-0.2, -0.15) is 0 Å². The van der Waals surface area contributed by atoms with E-state index in [9.17, 15) is 9.59 Å². The predicted molar refractivity (Wildman–Crippen MR) is 98.5 cm³/mol. The highest BCUT2D eigenvalue weighted by atomic mass is 79.9. The second-order valence-electron chi connectivity index (χ2n) is 6.71. The van der Waals surface area contributed by atoms with E-state index < -0.39 is 5.97 Å². The standard InChI is InChI=1S/C19H22BrNO4/c1-11-5-3-4-6-15(11)21-17(22)10-24-19(23)18-12(2)14-9-13(20)7-8-16(14)25-18/h7-9,11,15H,3-6,10H2,1-2H3,(H,21,22)/t11-,15+/m0/s1. The Hall–Kier alpha value is -1.82. The van der Waals surface area contributed by atoms with Crippen molar-refractivity contribution in [2.45, 2.75) is 45.6 Å². The molecule has 6 heteroatoms. The summed E-state index contributed by atoms with van der Waals surface area (Å²) >= 11 is 3.40. The number of hydrogen-bond acceptors (Lipinski definition) is 4. The number of furan rings is 1. The maximum absolute atomic E-state index is 12.3. The number of benzene rings is 1. The minimum absolute atomic E-state index is 0.145. The Morgan fingerprint density at radius 1 is 1.32 bits per heavy atom. The second-order valence-corrected chi connectivity index (χ2v) is 7.62. The predicted octanol–water partition coefficient (Wildman–Crippen LogP) is 4.36. The summed E-state index contributed by atoms with van der Waals surface area (Å²) in [7, 11) is 0. The molecule has 134 valence electrons. The third-order valence-electron chi connectivity index (χ3n) is 4.88. The smallest absolute Gasteiger partial charge is 0.375 e. The molecule has 1 N–H and O–H groups in total. The molecule has 3 rings (SSSR count). The summed E-state index contributed by atoms with van der Waals surface area (Å²) in [4.78, 5) is 24.3. The van der Waals surface area contributed by atoms with Crippen LogP contribution in [0.4, 0.5) is 0 Å². The normalized spacial score (nSPS) is 20.4. The van der Waals surface area contributed by atoms with Crippen LogP contribution in [0.3, 0.4) is 0 Å². The number of rotatable bonds is 4. The molecular formula is C19H22BrNO4. The van der Waals surface area contributed by atoms with Crippen molar-refractivity contribution in [3.8, 4) is 0 Å². The van der Waals surface area contributed by atoms with Crippen LogP contribution in [0, 0.1) is 12.8 Å². The molecule has 0 radical (unpaired) electrons. The molecule has 1 heterocycles. The van der Waals surface area contributed by atoms with Gasteiger partial charge in [0, 0.05) is 21.5 Å². The van der Waals surface area contributed by atoms with E-state index in [1.165, 1.54) is 6.42 Å². The number of aryl methyl sites for hydroxylation is 1. The van der Waals surface area contributed by atoms with Crippen molar-refractivity contribution in [2.24, 2.45) is 5.92 Å². The summed E-state index contributed by atoms with van der Waals surface area (Å²) in [6.07, 6.45) is 4.45. The molecule has 1 aliphatic rings. The number of nitrogens with one attached hydrogen (secondary N) is 1. The number of carbonyl (C=O) groups excluding carboxylic acids is 2. The lowest BCUT2D eigenvalue weighted by atomic mass is 9.86. The first-order valence-corrected chi connectivity index (χ1v) is 9.40. The molecule has 1 aliphatic carbocycles. The van der Waals surface area contributed by atoms with Gasteiger partial charge in [-0.15, -0.1) is 0 Å². The van der Waals surface area contributed by atoms with Crippen LogP contribution < -0.4 is 5.32 Å². The van der Waals surface area contributed by atoms with Gasteiger partial charge >= 0.3 is 5.97 Å². The van der Waals surface area contributed by atoms with Gasteiger partial charge in [0.15, 0.2) is 6.61 Å². The van der Waals surface area contributed by atoms with Crippen molar-refractivity contribution in [3.63, 3.8) is 0 Å². The Labute approximate surface area is 155 Å². The number of amides is 1. The van der Waals surface area contributed by atoms with Crippen molar-refractivity contribution in [3.05, 3.63) is 34.0 Å². The number of esters is 1. The van der Waals surface area contributed by atoms with E-state index in [0.29, 0.717) is 17.1 Å². The highest BCUT2D eigenvalue weighted by Crippen LogP contribution is 2.28. The first-order chi connectivity index (χ1) is 12.0. The van der Waals surface area contributed by atoms with Crippen LogP contribution >= 0.6 is 15.9 Å². The Balaban J connectivity index is 1.61. The van der Waals surface area contributed by atoms with Crippen molar-refractivity contribution >= 4 is 38.8 Å². The lowest BCUT2D eigenvalue weighted by Crippen LogP contribution is -2.42. The Morgan fingerprint density at radius 2 is 2.08 bits per heavy atom. The maximum Gasteiger partial charge on any atom is 0.375 e. The highest BCUT2D eigenvalue weighted by Gasteiger charge is 2.24. The lowest BCUT2D eigenvalue weighted by Gasteiger charge is -2.29. The van der Waals surface area contributed by atoms with Crippen LogP contribution in [0.2, 0.25) is 0 Å². The van der Waals surface area contributed by atoms with E-state index in [2.05, 4.69) is 28.2 Å². The summed E-state index contributed by atoms with van der Waals surface area (Å²) < 4.78 is 11.6. The zero-order chi connectivity index (χ0) is 18.0. The average molecular weight is 408 g/mol. The quantitative estimate of drug-likeness (QED) is 0.764. The van der Waals surface area contributed by atoms with Crippen LogP contribution in [0.25, 0.3) is 11.0 Å². The van der Waals surface area contributed by atoms with Gasteiger partial charge in [-0.3, -0.25) is 4.79 Å². The largest absolute Gasteiger partial charge is 0.450 e. The van der Waals surface area contributed by atoms with E-state index in [0.717, 1.165) is 29.1 Å². The molecule has 1 aromatic heterocycles. The number of carbonyl (C=O) groups is 2. The van der Waals surface area contributed by atoms with Gasteiger partial charge in [0.1, 0.15) is 5.58 Å². The van der Waals surface area contributed by atoms with Gasteiger partial charge in [0.25, 0.3) is 5.91 Å². The van der Waals surface area contributed by atoms with Crippen molar-refractivity contribution in [2.75, 3.05) is 6.61 Å². The number of fused-ring (bicyclic) bond motifs is 1. The molecule has 0 bridgehead atoms. The molecule has 0 saturated heterocycles. The van der Waals surface area contributed by atoms with Crippen LogP contribution in [0.5, 0.6) is 0 Å². The monoisotopic (exact) mass is 407 g/mol. The fourth-order valence-corrected chi connectivity index (χ4v) is 3.72. The fourth-order valence-electron chi connectivity index (χ4n) is 3.36. The van der Waals surface area contributed by atoms with Crippen LogP contribution in [0.15, 0.2) is 27.1 Å². The molecule has 0 aliphatic heterocycles. The summed E-state index contributed by atoms with van der Waals surface area (Å²) in [5.41, 5.74) is 1.33. The molecule has 0 unspecified atom stereocenters. The molecular weight excluding hydrogens is 386 g/mol. The molecule has 0 spiro atoms. The van der Waals surface area contributed by atoms with Crippen molar-refractivity contribution in [1.29, 1.82) is 0 Å². The first kappa shape index (κ1) is 18.0. The number of ether oxygens (including phenoxy) is 1. The fraction of sp³-hybridized carbons (Fsp3) is 0.474. The number of hydrogen-bond donors (Lipinski definition) is 1. The van der Waals surface area contributed by atoms with Gasteiger partial charge < -0.3 is 14.5 Å². The van der Waals surface area contributed by atoms with Gasteiger partial charge in [-0.25, -0.2) is 4.79 Å². The van der Waals surface area contributed by atoms with Crippen LogP contribution in [0.1, 0.15) is 48.7 Å². The van der Waals surface area contributed by atoms with Crippen molar-refractivity contribution in [1.82, 2.24) is 5.32 Å². The van der Waals surface area contributed by atoms with E-state index in [4.69, 9.17) is 9.15 Å².